The number of aliphatic hydroxyl groups is 1. The van der Waals surface area contributed by atoms with E-state index in [0.29, 0.717) is 5.69 Å². The Morgan fingerprint density at radius 3 is 2.68 bits per heavy atom. The van der Waals surface area contributed by atoms with Gasteiger partial charge in [-0.3, -0.25) is 0 Å². The van der Waals surface area contributed by atoms with E-state index in [0.717, 1.165) is 11.1 Å². The van der Waals surface area contributed by atoms with E-state index in [1.165, 1.54) is 6.07 Å². The maximum Gasteiger partial charge on any atom is 0.374 e. The highest BCUT2D eigenvalue weighted by Crippen LogP contribution is 2.27. The van der Waals surface area contributed by atoms with Gasteiger partial charge in [0.15, 0.2) is 0 Å². The molecule has 0 aliphatic carbocycles. The highest BCUT2D eigenvalue weighted by molar-refractivity contribution is 5.85. The molecule has 0 spiro atoms. The number of carboxylic acids is 1. The van der Waals surface area contributed by atoms with Crippen LogP contribution in [0.1, 0.15) is 30.0 Å². The van der Waals surface area contributed by atoms with Gasteiger partial charge >= 0.3 is 5.97 Å². The van der Waals surface area contributed by atoms with Crippen molar-refractivity contribution in [3.8, 4) is 11.3 Å². The van der Waals surface area contributed by atoms with Crippen LogP contribution in [0.25, 0.3) is 11.3 Å². The van der Waals surface area contributed by atoms with E-state index in [4.69, 9.17) is 9.63 Å². The molecule has 0 radical (unpaired) electrons. The van der Waals surface area contributed by atoms with Gasteiger partial charge in [-0.15, -0.1) is 0 Å². The summed E-state index contributed by atoms with van der Waals surface area (Å²) >= 11 is 0. The van der Waals surface area contributed by atoms with Crippen molar-refractivity contribution in [2.24, 2.45) is 0 Å². The second-order valence-corrected chi connectivity index (χ2v) is 5.00. The lowest BCUT2D eigenvalue weighted by Crippen LogP contribution is -2.21. The zero-order valence-electron chi connectivity index (χ0n) is 10.8. The topological polar surface area (TPSA) is 83.6 Å². The van der Waals surface area contributed by atoms with Gasteiger partial charge in [-0.1, -0.05) is 37.2 Å². The number of hydrogen-bond donors (Lipinski definition) is 2. The average molecular weight is 261 g/mol. The SMILES string of the molecule is CC(C)(CO)c1cccc(-c2cc(C(=O)O)on2)c1. The molecule has 2 N–H and O–H groups in total. The molecule has 0 bridgehead atoms. The Labute approximate surface area is 110 Å². The molecule has 5 heteroatoms. The van der Waals surface area contributed by atoms with Crippen molar-refractivity contribution in [1.29, 1.82) is 0 Å². The van der Waals surface area contributed by atoms with Crippen molar-refractivity contribution in [3.63, 3.8) is 0 Å². The quantitative estimate of drug-likeness (QED) is 0.882. The van der Waals surface area contributed by atoms with E-state index in [1.54, 1.807) is 0 Å². The minimum atomic E-state index is -1.15. The fraction of sp³-hybridized carbons (Fsp3) is 0.286. The highest BCUT2D eigenvalue weighted by atomic mass is 16.5. The number of carbonyl (C=O) groups is 1. The molecule has 1 aromatic heterocycles. The second kappa shape index (κ2) is 4.85. The van der Waals surface area contributed by atoms with Crippen LogP contribution in [0.2, 0.25) is 0 Å². The van der Waals surface area contributed by atoms with Crippen LogP contribution in [0.5, 0.6) is 0 Å². The molecule has 1 heterocycles. The van der Waals surface area contributed by atoms with Crippen LogP contribution in [-0.2, 0) is 5.41 Å². The van der Waals surface area contributed by atoms with Gasteiger partial charge in [-0.05, 0) is 11.6 Å². The Morgan fingerprint density at radius 2 is 2.11 bits per heavy atom. The van der Waals surface area contributed by atoms with E-state index < -0.39 is 5.97 Å². The number of nitrogens with zero attached hydrogens (tertiary/aromatic N) is 1. The smallest absolute Gasteiger partial charge is 0.374 e. The first kappa shape index (κ1) is 13.3. The first-order chi connectivity index (χ1) is 8.94. The molecular weight excluding hydrogens is 246 g/mol. The summed E-state index contributed by atoms with van der Waals surface area (Å²) in [6, 6.07) is 8.84. The van der Waals surface area contributed by atoms with E-state index in [-0.39, 0.29) is 17.8 Å². The molecule has 5 nitrogen and oxygen atoms in total. The van der Waals surface area contributed by atoms with E-state index in [2.05, 4.69) is 5.16 Å². The van der Waals surface area contributed by atoms with Gasteiger partial charge in [0.2, 0.25) is 5.76 Å². The van der Waals surface area contributed by atoms with Crippen molar-refractivity contribution in [3.05, 3.63) is 41.7 Å². The van der Waals surface area contributed by atoms with Crippen molar-refractivity contribution >= 4 is 5.97 Å². The number of rotatable bonds is 4. The molecular formula is C14H15NO4. The van der Waals surface area contributed by atoms with Crippen LogP contribution < -0.4 is 0 Å². The lowest BCUT2D eigenvalue weighted by atomic mass is 9.84. The third-order valence-electron chi connectivity index (χ3n) is 3.06. The minimum Gasteiger partial charge on any atom is -0.475 e. The number of aliphatic hydroxyl groups excluding tert-OH is 1. The summed E-state index contributed by atoms with van der Waals surface area (Å²) in [6.45, 7) is 3.88. The first-order valence-corrected chi connectivity index (χ1v) is 5.86. The molecule has 0 fully saturated rings. The van der Waals surface area contributed by atoms with Gasteiger partial charge < -0.3 is 14.7 Å². The van der Waals surface area contributed by atoms with Crippen LogP contribution in [0, 0.1) is 0 Å². The standard InChI is InChI=1S/C14H15NO4/c1-14(2,8-16)10-5-3-4-9(6-10)11-7-12(13(17)18)19-15-11/h3-7,16H,8H2,1-2H3,(H,17,18). The van der Waals surface area contributed by atoms with Crippen molar-refractivity contribution in [2.75, 3.05) is 6.61 Å². The average Bonchev–Trinajstić information content (AvgIpc) is 2.89. The van der Waals surface area contributed by atoms with Gasteiger partial charge in [-0.2, -0.15) is 0 Å². The molecule has 0 amide bonds. The van der Waals surface area contributed by atoms with Crippen molar-refractivity contribution in [2.45, 2.75) is 19.3 Å². The Hall–Kier alpha value is -2.14. The van der Waals surface area contributed by atoms with Gasteiger partial charge in [0.1, 0.15) is 5.69 Å². The Kier molecular flexibility index (Phi) is 3.40. The van der Waals surface area contributed by atoms with Gasteiger partial charge in [0.05, 0.1) is 6.61 Å². The van der Waals surface area contributed by atoms with Crippen LogP contribution in [0.4, 0.5) is 0 Å². The molecule has 0 aliphatic rings. The normalized spacial score (nSPS) is 11.5. The summed E-state index contributed by atoms with van der Waals surface area (Å²) in [6.07, 6.45) is 0. The lowest BCUT2D eigenvalue weighted by Gasteiger charge is -2.22. The molecule has 0 unspecified atom stereocenters. The monoisotopic (exact) mass is 261 g/mol. The molecule has 1 aromatic carbocycles. The molecule has 2 rings (SSSR count). The van der Waals surface area contributed by atoms with Gasteiger partial charge in [0, 0.05) is 17.0 Å². The summed E-state index contributed by atoms with van der Waals surface area (Å²) in [4.78, 5) is 10.8. The van der Waals surface area contributed by atoms with Crippen LogP contribution in [0.3, 0.4) is 0 Å². The maximum absolute atomic E-state index is 10.8. The summed E-state index contributed by atoms with van der Waals surface area (Å²) in [5.41, 5.74) is 1.81. The maximum atomic E-state index is 10.8. The fourth-order valence-corrected chi connectivity index (χ4v) is 1.70. The third kappa shape index (κ3) is 2.66. The Balaban J connectivity index is 2.40. The van der Waals surface area contributed by atoms with E-state index in [1.807, 2.05) is 38.1 Å². The van der Waals surface area contributed by atoms with Crippen molar-refractivity contribution < 1.29 is 19.5 Å². The number of hydrogen-bond acceptors (Lipinski definition) is 4. The highest BCUT2D eigenvalue weighted by Gasteiger charge is 2.20. The Bertz CT molecular complexity index is 601. The molecule has 0 saturated carbocycles. The van der Waals surface area contributed by atoms with Crippen LogP contribution >= 0.6 is 0 Å². The minimum absolute atomic E-state index is 0.0235. The van der Waals surface area contributed by atoms with Gasteiger partial charge in [0.25, 0.3) is 0 Å². The predicted octanol–water partition coefficient (Wildman–Crippen LogP) is 2.31. The number of aromatic carboxylic acids is 1. The van der Waals surface area contributed by atoms with E-state index >= 15 is 0 Å². The first-order valence-electron chi connectivity index (χ1n) is 5.86. The van der Waals surface area contributed by atoms with E-state index in [9.17, 15) is 9.90 Å². The summed E-state index contributed by atoms with van der Waals surface area (Å²) < 4.78 is 4.73. The van der Waals surface area contributed by atoms with Gasteiger partial charge in [-0.25, -0.2) is 4.79 Å². The molecule has 0 atom stereocenters. The molecule has 19 heavy (non-hydrogen) atoms. The number of carboxylic acid groups (broad SMARTS) is 1. The molecule has 0 saturated heterocycles. The number of benzene rings is 1. The molecule has 100 valence electrons. The summed E-state index contributed by atoms with van der Waals surface area (Å²) in [5.74, 6) is -1.34. The number of aromatic nitrogens is 1. The summed E-state index contributed by atoms with van der Waals surface area (Å²) in [5, 5.41) is 21.9. The summed E-state index contributed by atoms with van der Waals surface area (Å²) in [7, 11) is 0. The largest absolute Gasteiger partial charge is 0.475 e. The second-order valence-electron chi connectivity index (χ2n) is 5.00. The zero-order chi connectivity index (χ0) is 14.0. The van der Waals surface area contributed by atoms with Crippen molar-refractivity contribution in [1.82, 2.24) is 5.16 Å². The van der Waals surface area contributed by atoms with Crippen LogP contribution in [0.15, 0.2) is 34.9 Å². The molecule has 2 aromatic rings. The zero-order valence-corrected chi connectivity index (χ0v) is 10.8. The fourth-order valence-electron chi connectivity index (χ4n) is 1.70. The lowest BCUT2D eigenvalue weighted by molar-refractivity contribution is 0.0652. The third-order valence-corrected chi connectivity index (χ3v) is 3.06. The Morgan fingerprint density at radius 1 is 1.37 bits per heavy atom. The molecule has 0 aliphatic heterocycles. The van der Waals surface area contributed by atoms with Crippen LogP contribution in [-0.4, -0.2) is 27.9 Å². The predicted molar refractivity (Wildman–Crippen MR) is 69.0 cm³/mol.